The third kappa shape index (κ3) is 1.75. The van der Waals surface area contributed by atoms with Crippen LogP contribution in [-0.2, 0) is 0 Å². The molecule has 2 heterocycles. The Labute approximate surface area is 96.8 Å². The molecule has 0 aromatic carbocycles. The Balaban J connectivity index is 2.45. The number of nitrogens with zero attached hydrogens (tertiary/aromatic N) is 1. The Morgan fingerprint density at radius 2 is 1.75 bits per heavy atom. The number of hydrogen-bond acceptors (Lipinski definition) is 1. The van der Waals surface area contributed by atoms with Crippen LogP contribution in [0.4, 0.5) is 0 Å². The van der Waals surface area contributed by atoms with Gasteiger partial charge in [-0.3, -0.25) is 4.99 Å². The normalized spacial score (nSPS) is 18.6. The molecule has 1 aliphatic rings. The van der Waals surface area contributed by atoms with Crippen molar-refractivity contribution in [3.05, 3.63) is 39.9 Å². The van der Waals surface area contributed by atoms with Gasteiger partial charge in [0.15, 0.2) is 0 Å². The lowest BCUT2D eigenvalue weighted by atomic mass is 10.1. The molecule has 0 fully saturated rings. The van der Waals surface area contributed by atoms with E-state index in [0.717, 1.165) is 17.1 Å². The van der Waals surface area contributed by atoms with Gasteiger partial charge in [0, 0.05) is 17.1 Å². The average molecular weight is 214 g/mol. The van der Waals surface area contributed by atoms with Crippen molar-refractivity contribution >= 4 is 11.8 Å². The van der Waals surface area contributed by atoms with Gasteiger partial charge in [-0.05, 0) is 63.5 Å². The molecule has 0 atom stereocenters. The summed E-state index contributed by atoms with van der Waals surface area (Å²) in [4.78, 5) is 7.93. The Hall–Kier alpha value is -1.57. The Kier molecular flexibility index (Phi) is 2.58. The molecule has 0 bridgehead atoms. The predicted molar refractivity (Wildman–Crippen MR) is 69.7 cm³/mol. The number of nitrogens with one attached hydrogen (secondary N) is 1. The lowest BCUT2D eigenvalue weighted by molar-refractivity contribution is 1.23. The fourth-order valence-corrected chi connectivity index (χ4v) is 1.99. The second-order valence-corrected chi connectivity index (χ2v) is 4.53. The van der Waals surface area contributed by atoms with Crippen LogP contribution in [0.3, 0.4) is 0 Å². The Bertz CT molecular complexity index is 525. The van der Waals surface area contributed by atoms with Crippen molar-refractivity contribution in [3.63, 3.8) is 0 Å². The summed E-state index contributed by atoms with van der Waals surface area (Å²) in [6, 6.07) is 2.16. The molecule has 1 aromatic heterocycles. The van der Waals surface area contributed by atoms with E-state index in [9.17, 15) is 0 Å². The van der Waals surface area contributed by atoms with Crippen LogP contribution in [0.15, 0.2) is 27.9 Å². The molecule has 16 heavy (non-hydrogen) atoms. The highest BCUT2D eigenvalue weighted by atomic mass is 14.8. The van der Waals surface area contributed by atoms with Gasteiger partial charge in [0.25, 0.3) is 0 Å². The zero-order valence-electron chi connectivity index (χ0n) is 10.6. The monoisotopic (exact) mass is 214 g/mol. The van der Waals surface area contributed by atoms with Crippen molar-refractivity contribution in [2.24, 2.45) is 4.99 Å². The minimum Gasteiger partial charge on any atom is -0.359 e. The maximum atomic E-state index is 4.58. The molecule has 0 saturated carbocycles. The lowest BCUT2D eigenvalue weighted by Gasteiger charge is -1.98. The summed E-state index contributed by atoms with van der Waals surface area (Å²) in [5, 5.41) is 0. The van der Waals surface area contributed by atoms with Crippen molar-refractivity contribution in [3.8, 4) is 0 Å². The highest BCUT2D eigenvalue weighted by Crippen LogP contribution is 2.27. The van der Waals surface area contributed by atoms with Gasteiger partial charge in [0.1, 0.15) is 0 Å². The minimum atomic E-state index is 1.08. The number of aromatic amines is 1. The summed E-state index contributed by atoms with van der Waals surface area (Å²) in [5.74, 6) is 0. The maximum Gasteiger partial charge on any atom is 0.0686 e. The zero-order valence-corrected chi connectivity index (χ0v) is 10.6. The molecule has 0 amide bonds. The number of aliphatic imine (C=N–C) groups is 1. The molecule has 1 aromatic rings. The van der Waals surface area contributed by atoms with Crippen LogP contribution in [0, 0.1) is 13.8 Å². The van der Waals surface area contributed by atoms with Gasteiger partial charge in [0.05, 0.1) is 5.70 Å². The number of aryl methyl sites for hydroxylation is 2. The molecule has 0 aliphatic carbocycles. The van der Waals surface area contributed by atoms with E-state index in [2.05, 4.69) is 56.7 Å². The predicted octanol–water partition coefficient (Wildman–Crippen LogP) is 3.78. The topological polar surface area (TPSA) is 28.1 Å². The van der Waals surface area contributed by atoms with E-state index in [1.807, 2.05) is 0 Å². The smallest absolute Gasteiger partial charge is 0.0686 e. The molecule has 1 aliphatic heterocycles. The first-order valence-corrected chi connectivity index (χ1v) is 5.60. The van der Waals surface area contributed by atoms with Crippen molar-refractivity contribution in [1.82, 2.24) is 4.98 Å². The number of hydrogen-bond donors (Lipinski definition) is 1. The van der Waals surface area contributed by atoms with Gasteiger partial charge in [-0.15, -0.1) is 0 Å². The molecular formula is C14H18N2. The van der Waals surface area contributed by atoms with E-state index in [1.54, 1.807) is 0 Å². The molecular weight excluding hydrogens is 196 g/mol. The summed E-state index contributed by atoms with van der Waals surface area (Å²) in [6.45, 7) is 10.5. The quantitative estimate of drug-likeness (QED) is 0.737. The van der Waals surface area contributed by atoms with Crippen LogP contribution >= 0.6 is 0 Å². The summed E-state index contributed by atoms with van der Waals surface area (Å²) in [5.41, 5.74) is 8.43. The Morgan fingerprint density at radius 3 is 2.19 bits per heavy atom. The molecule has 0 spiro atoms. The standard InChI is InChI=1S/C14H18N2/c1-8-6-9(2)15-13(8)7-14-11(4)10(3)12(5)16-14/h6-7,15H,1-5H3. The number of allylic oxidation sites excluding steroid dienone is 2. The first-order chi connectivity index (χ1) is 7.49. The number of rotatable bonds is 1. The second-order valence-electron chi connectivity index (χ2n) is 4.53. The van der Waals surface area contributed by atoms with E-state index in [4.69, 9.17) is 0 Å². The third-order valence-electron chi connectivity index (χ3n) is 3.25. The first-order valence-electron chi connectivity index (χ1n) is 5.60. The summed E-state index contributed by atoms with van der Waals surface area (Å²) in [6.07, 6.45) is 2.14. The highest BCUT2D eigenvalue weighted by molar-refractivity contribution is 6.03. The third-order valence-corrected chi connectivity index (χ3v) is 3.25. The van der Waals surface area contributed by atoms with E-state index in [1.165, 1.54) is 22.4 Å². The average Bonchev–Trinajstić information content (AvgIpc) is 2.64. The van der Waals surface area contributed by atoms with Gasteiger partial charge >= 0.3 is 0 Å². The van der Waals surface area contributed by atoms with Crippen molar-refractivity contribution < 1.29 is 0 Å². The zero-order chi connectivity index (χ0) is 11.9. The fraction of sp³-hybridized carbons (Fsp3) is 0.357. The van der Waals surface area contributed by atoms with E-state index in [0.29, 0.717) is 0 Å². The van der Waals surface area contributed by atoms with Gasteiger partial charge in [-0.2, -0.15) is 0 Å². The van der Waals surface area contributed by atoms with Crippen LogP contribution in [-0.4, -0.2) is 10.7 Å². The summed E-state index contributed by atoms with van der Waals surface area (Å²) in [7, 11) is 0. The van der Waals surface area contributed by atoms with Gasteiger partial charge < -0.3 is 4.98 Å². The van der Waals surface area contributed by atoms with Crippen molar-refractivity contribution in [2.75, 3.05) is 0 Å². The largest absolute Gasteiger partial charge is 0.359 e. The maximum absolute atomic E-state index is 4.58. The van der Waals surface area contributed by atoms with Gasteiger partial charge in [-0.1, -0.05) is 0 Å². The van der Waals surface area contributed by atoms with Crippen LogP contribution in [0.1, 0.15) is 37.7 Å². The lowest BCUT2D eigenvalue weighted by Crippen LogP contribution is -1.86. The number of H-pyrrole nitrogens is 1. The Morgan fingerprint density at radius 1 is 1.06 bits per heavy atom. The van der Waals surface area contributed by atoms with Crippen LogP contribution in [0.25, 0.3) is 6.08 Å². The second kappa shape index (κ2) is 3.78. The molecule has 0 unspecified atom stereocenters. The van der Waals surface area contributed by atoms with Gasteiger partial charge in [0.2, 0.25) is 0 Å². The SMILES string of the molecule is CC1=NC(=Cc2[nH]c(C)cc2C)C(C)=C1C. The van der Waals surface area contributed by atoms with E-state index < -0.39 is 0 Å². The first kappa shape index (κ1) is 10.9. The molecule has 84 valence electrons. The highest BCUT2D eigenvalue weighted by Gasteiger charge is 2.14. The fourth-order valence-electron chi connectivity index (χ4n) is 1.99. The van der Waals surface area contributed by atoms with Gasteiger partial charge in [-0.25, -0.2) is 0 Å². The summed E-state index contributed by atoms with van der Waals surface area (Å²) < 4.78 is 0. The molecule has 1 N–H and O–H groups in total. The minimum absolute atomic E-state index is 1.08. The number of aromatic nitrogens is 1. The van der Waals surface area contributed by atoms with E-state index in [-0.39, 0.29) is 0 Å². The molecule has 2 heteroatoms. The summed E-state index contributed by atoms with van der Waals surface area (Å²) >= 11 is 0. The molecule has 2 nitrogen and oxygen atoms in total. The van der Waals surface area contributed by atoms with Crippen molar-refractivity contribution in [1.29, 1.82) is 0 Å². The van der Waals surface area contributed by atoms with Crippen LogP contribution in [0.5, 0.6) is 0 Å². The molecule has 0 saturated heterocycles. The van der Waals surface area contributed by atoms with Crippen LogP contribution in [0.2, 0.25) is 0 Å². The van der Waals surface area contributed by atoms with Crippen molar-refractivity contribution in [2.45, 2.75) is 34.6 Å². The van der Waals surface area contributed by atoms with E-state index >= 15 is 0 Å². The molecule has 0 radical (unpaired) electrons. The van der Waals surface area contributed by atoms with Crippen LogP contribution < -0.4 is 0 Å². The molecule has 2 rings (SSSR count).